The van der Waals surface area contributed by atoms with Crippen LogP contribution in [0.4, 0.5) is 5.69 Å². The summed E-state index contributed by atoms with van der Waals surface area (Å²) in [5.74, 6) is 0.0458. The molecule has 0 fully saturated rings. The lowest BCUT2D eigenvalue weighted by atomic mass is 10.2. The van der Waals surface area contributed by atoms with E-state index in [1.165, 1.54) is 0 Å². The van der Waals surface area contributed by atoms with Gasteiger partial charge in [0, 0.05) is 39.3 Å². The van der Waals surface area contributed by atoms with Gasteiger partial charge in [-0.2, -0.15) is 0 Å². The van der Waals surface area contributed by atoms with Crippen molar-refractivity contribution < 1.29 is 4.79 Å². The van der Waals surface area contributed by atoms with Crippen molar-refractivity contribution in [3.63, 3.8) is 0 Å². The molecule has 0 aliphatic rings. The minimum atomic E-state index is 0.0458. The van der Waals surface area contributed by atoms with Crippen molar-refractivity contribution in [1.82, 2.24) is 14.9 Å². The molecule has 0 aliphatic heterocycles. The number of benzene rings is 2. The van der Waals surface area contributed by atoms with Crippen LogP contribution < -0.4 is 10.2 Å². The summed E-state index contributed by atoms with van der Waals surface area (Å²) in [4.78, 5) is 18.5. The molecule has 0 spiro atoms. The van der Waals surface area contributed by atoms with Gasteiger partial charge in [0.15, 0.2) is 0 Å². The first kappa shape index (κ1) is 16.1. The molecule has 124 valence electrons. The zero-order valence-electron chi connectivity index (χ0n) is 14.1. The third kappa shape index (κ3) is 3.74. The van der Waals surface area contributed by atoms with Crippen molar-refractivity contribution in [2.75, 3.05) is 19.0 Å². The maximum Gasteiger partial charge on any atom is 0.222 e. The lowest BCUT2D eigenvalue weighted by molar-refractivity contribution is -0.121. The summed E-state index contributed by atoms with van der Waals surface area (Å²) in [5, 5.41) is 2.97. The maximum absolute atomic E-state index is 12.1. The van der Waals surface area contributed by atoms with Gasteiger partial charge in [-0.25, -0.2) is 4.98 Å². The van der Waals surface area contributed by atoms with Gasteiger partial charge in [0.05, 0.1) is 17.4 Å². The summed E-state index contributed by atoms with van der Waals surface area (Å²) in [5.41, 5.74) is 4.27. The number of carbonyl (C=O) groups excluding carboxylic acids is 1. The molecular weight excluding hydrogens is 300 g/mol. The van der Waals surface area contributed by atoms with Crippen LogP contribution in [0.1, 0.15) is 12.0 Å². The number of hydrogen-bond acceptors (Lipinski definition) is 3. The Hall–Kier alpha value is -2.82. The van der Waals surface area contributed by atoms with E-state index in [1.54, 1.807) is 6.33 Å². The predicted molar refractivity (Wildman–Crippen MR) is 97.0 cm³/mol. The van der Waals surface area contributed by atoms with Gasteiger partial charge < -0.3 is 14.8 Å². The number of anilines is 1. The van der Waals surface area contributed by atoms with Gasteiger partial charge in [0.1, 0.15) is 0 Å². The molecule has 0 bridgehead atoms. The van der Waals surface area contributed by atoms with Crippen LogP contribution >= 0.6 is 0 Å². The molecule has 24 heavy (non-hydrogen) atoms. The summed E-state index contributed by atoms with van der Waals surface area (Å²) in [6.45, 7) is 1.18. The van der Waals surface area contributed by atoms with Gasteiger partial charge in [-0.05, 0) is 29.8 Å². The quantitative estimate of drug-likeness (QED) is 0.759. The second-order valence-corrected chi connectivity index (χ2v) is 6.01. The van der Waals surface area contributed by atoms with E-state index < -0.39 is 0 Å². The van der Waals surface area contributed by atoms with E-state index in [4.69, 9.17) is 0 Å². The second-order valence-electron chi connectivity index (χ2n) is 6.01. The molecule has 0 unspecified atom stereocenters. The van der Waals surface area contributed by atoms with E-state index >= 15 is 0 Å². The molecule has 0 saturated carbocycles. The first-order chi connectivity index (χ1) is 11.6. The minimum Gasteiger partial charge on any atom is -0.378 e. The van der Waals surface area contributed by atoms with E-state index in [-0.39, 0.29) is 5.91 Å². The third-order valence-electron chi connectivity index (χ3n) is 4.05. The fraction of sp³-hybridized carbons (Fsp3) is 0.263. The second kappa shape index (κ2) is 7.17. The monoisotopic (exact) mass is 322 g/mol. The highest BCUT2D eigenvalue weighted by atomic mass is 16.1. The average molecular weight is 322 g/mol. The van der Waals surface area contributed by atoms with Gasteiger partial charge in [0.2, 0.25) is 5.91 Å². The number of carbonyl (C=O) groups is 1. The van der Waals surface area contributed by atoms with Crippen molar-refractivity contribution in [1.29, 1.82) is 0 Å². The molecule has 5 heteroatoms. The molecule has 3 aromatic rings. The topological polar surface area (TPSA) is 50.2 Å². The predicted octanol–water partition coefficient (Wildman–Crippen LogP) is 2.81. The number of rotatable bonds is 6. The molecule has 0 aliphatic carbocycles. The molecule has 1 N–H and O–H groups in total. The van der Waals surface area contributed by atoms with Crippen LogP contribution in [0.2, 0.25) is 0 Å². The third-order valence-corrected chi connectivity index (χ3v) is 4.05. The number of amides is 1. The first-order valence-corrected chi connectivity index (χ1v) is 8.06. The standard InChI is InChI=1S/C19H22N4O/c1-22(2)16-9-7-15(8-10-16)13-20-19(24)11-12-23-14-21-17-5-3-4-6-18(17)23/h3-10,14H,11-13H2,1-2H3,(H,20,24). The molecular formula is C19H22N4O. The molecule has 5 nitrogen and oxygen atoms in total. The highest BCUT2D eigenvalue weighted by Gasteiger charge is 2.05. The van der Waals surface area contributed by atoms with Crippen LogP contribution in [0.3, 0.4) is 0 Å². The molecule has 0 radical (unpaired) electrons. The Morgan fingerprint density at radius 2 is 1.88 bits per heavy atom. The fourth-order valence-electron chi connectivity index (χ4n) is 2.61. The van der Waals surface area contributed by atoms with Gasteiger partial charge >= 0.3 is 0 Å². The van der Waals surface area contributed by atoms with Crippen LogP contribution in [0.25, 0.3) is 11.0 Å². The SMILES string of the molecule is CN(C)c1ccc(CNC(=O)CCn2cnc3ccccc32)cc1. The maximum atomic E-state index is 12.1. The van der Waals surface area contributed by atoms with Crippen LogP contribution in [0.15, 0.2) is 54.9 Å². The number of hydrogen-bond donors (Lipinski definition) is 1. The van der Waals surface area contributed by atoms with Crippen LogP contribution in [0.5, 0.6) is 0 Å². The Morgan fingerprint density at radius 1 is 1.12 bits per heavy atom. The zero-order chi connectivity index (χ0) is 16.9. The molecule has 0 atom stereocenters. The normalized spacial score (nSPS) is 10.8. The Morgan fingerprint density at radius 3 is 2.62 bits per heavy atom. The van der Waals surface area contributed by atoms with Crippen LogP contribution in [-0.4, -0.2) is 29.6 Å². The lowest BCUT2D eigenvalue weighted by Gasteiger charge is -2.13. The van der Waals surface area contributed by atoms with Gasteiger partial charge in [-0.15, -0.1) is 0 Å². The summed E-state index contributed by atoms with van der Waals surface area (Å²) in [6.07, 6.45) is 2.23. The summed E-state index contributed by atoms with van der Waals surface area (Å²) in [7, 11) is 4.02. The Labute approximate surface area is 141 Å². The minimum absolute atomic E-state index is 0.0458. The molecule has 3 rings (SSSR count). The first-order valence-electron chi connectivity index (χ1n) is 8.06. The highest BCUT2D eigenvalue weighted by molar-refractivity contribution is 5.77. The highest BCUT2D eigenvalue weighted by Crippen LogP contribution is 2.13. The number of para-hydroxylation sites is 2. The molecule has 1 aromatic heterocycles. The van der Waals surface area contributed by atoms with Crippen LogP contribution in [0, 0.1) is 0 Å². The largest absolute Gasteiger partial charge is 0.378 e. The van der Waals surface area contributed by atoms with E-state index in [0.717, 1.165) is 22.3 Å². The molecule has 0 saturated heterocycles. The molecule has 1 heterocycles. The summed E-state index contributed by atoms with van der Waals surface area (Å²) in [6, 6.07) is 16.1. The smallest absolute Gasteiger partial charge is 0.222 e. The van der Waals surface area contributed by atoms with Crippen molar-refractivity contribution >= 4 is 22.6 Å². The number of aryl methyl sites for hydroxylation is 1. The Balaban J connectivity index is 1.51. The van der Waals surface area contributed by atoms with Gasteiger partial charge in [-0.1, -0.05) is 24.3 Å². The van der Waals surface area contributed by atoms with E-state index in [1.807, 2.05) is 55.1 Å². The van der Waals surface area contributed by atoms with Crippen molar-refractivity contribution in [2.24, 2.45) is 0 Å². The Bertz CT molecular complexity index is 821. The average Bonchev–Trinajstić information content (AvgIpc) is 3.01. The number of aromatic nitrogens is 2. The van der Waals surface area contributed by atoms with Gasteiger partial charge in [-0.3, -0.25) is 4.79 Å². The van der Waals surface area contributed by atoms with E-state index in [9.17, 15) is 4.79 Å². The number of fused-ring (bicyclic) bond motifs is 1. The zero-order valence-corrected chi connectivity index (χ0v) is 14.1. The van der Waals surface area contributed by atoms with E-state index in [2.05, 4.69) is 27.3 Å². The summed E-state index contributed by atoms with van der Waals surface area (Å²) >= 11 is 0. The number of nitrogens with one attached hydrogen (secondary N) is 1. The number of imidazole rings is 1. The molecule has 2 aromatic carbocycles. The van der Waals surface area contributed by atoms with Crippen molar-refractivity contribution in [3.8, 4) is 0 Å². The summed E-state index contributed by atoms with van der Waals surface area (Å²) < 4.78 is 2.01. The van der Waals surface area contributed by atoms with Crippen molar-refractivity contribution in [3.05, 3.63) is 60.4 Å². The van der Waals surface area contributed by atoms with Crippen LogP contribution in [-0.2, 0) is 17.9 Å². The van der Waals surface area contributed by atoms with Gasteiger partial charge in [0.25, 0.3) is 0 Å². The molecule has 1 amide bonds. The lowest BCUT2D eigenvalue weighted by Crippen LogP contribution is -2.23. The van der Waals surface area contributed by atoms with Crippen molar-refractivity contribution in [2.45, 2.75) is 19.5 Å². The number of nitrogens with zero attached hydrogens (tertiary/aromatic N) is 3. The Kier molecular flexibility index (Phi) is 4.79. The van der Waals surface area contributed by atoms with E-state index in [0.29, 0.717) is 19.5 Å². The fourth-order valence-corrected chi connectivity index (χ4v) is 2.61.